The molecule has 1 saturated carbocycles. The van der Waals surface area contributed by atoms with Crippen LogP contribution in [0.3, 0.4) is 0 Å². The lowest BCUT2D eigenvalue weighted by atomic mass is 9.98. The van der Waals surface area contributed by atoms with E-state index in [1.807, 2.05) is 0 Å². The first kappa shape index (κ1) is 15.2. The van der Waals surface area contributed by atoms with Crippen molar-refractivity contribution < 1.29 is 13.6 Å². The molecular formula is C14H17ClF2N2O. The second-order valence-corrected chi connectivity index (χ2v) is 5.47. The van der Waals surface area contributed by atoms with Crippen LogP contribution in [0.15, 0.2) is 18.2 Å². The van der Waals surface area contributed by atoms with Gasteiger partial charge in [-0.15, -0.1) is 12.4 Å². The van der Waals surface area contributed by atoms with Gasteiger partial charge in [0.25, 0.3) is 5.91 Å². The minimum Gasteiger partial charge on any atom is -0.338 e. The normalized spacial score (nSPS) is 28.1. The van der Waals surface area contributed by atoms with Crippen LogP contribution in [0, 0.1) is 23.5 Å². The standard InChI is InChI=1S/C14H16F2N2O.ClH/c15-10-2-1-3-11(16)13(10)14(19)18-6-8-4-5-12(17)9(8)7-18;/h1-3,8-9,12H,4-7,17H2;1H. The molecule has 1 aliphatic heterocycles. The summed E-state index contributed by atoms with van der Waals surface area (Å²) in [5, 5.41) is 0. The molecule has 1 saturated heterocycles. The number of fused-ring (bicyclic) bond motifs is 1. The predicted molar refractivity (Wildman–Crippen MR) is 73.7 cm³/mol. The molecule has 1 amide bonds. The van der Waals surface area contributed by atoms with E-state index in [2.05, 4.69) is 0 Å². The Bertz CT molecular complexity index is 506. The molecule has 2 N–H and O–H groups in total. The van der Waals surface area contributed by atoms with Crippen LogP contribution in [0.1, 0.15) is 23.2 Å². The Labute approximate surface area is 122 Å². The molecule has 3 atom stereocenters. The van der Waals surface area contributed by atoms with E-state index in [1.54, 1.807) is 0 Å². The summed E-state index contributed by atoms with van der Waals surface area (Å²) in [5.41, 5.74) is 5.55. The van der Waals surface area contributed by atoms with Gasteiger partial charge in [0.2, 0.25) is 0 Å². The fourth-order valence-corrected chi connectivity index (χ4v) is 3.33. The number of halogens is 3. The Morgan fingerprint density at radius 1 is 1.20 bits per heavy atom. The predicted octanol–water partition coefficient (Wildman–Crippen LogP) is 2.20. The Kier molecular flexibility index (Phi) is 4.30. The first-order valence-corrected chi connectivity index (χ1v) is 6.57. The number of likely N-dealkylation sites (tertiary alicyclic amines) is 1. The largest absolute Gasteiger partial charge is 0.338 e. The average molecular weight is 303 g/mol. The van der Waals surface area contributed by atoms with Crippen LogP contribution >= 0.6 is 12.4 Å². The summed E-state index contributed by atoms with van der Waals surface area (Å²) in [6.07, 6.45) is 1.97. The van der Waals surface area contributed by atoms with E-state index in [1.165, 1.54) is 11.0 Å². The first-order valence-electron chi connectivity index (χ1n) is 6.57. The van der Waals surface area contributed by atoms with Gasteiger partial charge in [-0.2, -0.15) is 0 Å². The maximum Gasteiger partial charge on any atom is 0.259 e. The number of nitrogens with two attached hydrogens (primary N) is 1. The zero-order valence-corrected chi connectivity index (χ0v) is 11.7. The SMILES string of the molecule is Cl.NC1CCC2CN(C(=O)c3c(F)cccc3F)CC12. The summed E-state index contributed by atoms with van der Waals surface area (Å²) in [6.45, 7) is 1.07. The number of hydrogen-bond acceptors (Lipinski definition) is 2. The molecule has 0 spiro atoms. The maximum absolute atomic E-state index is 13.6. The summed E-state index contributed by atoms with van der Waals surface area (Å²) in [6, 6.07) is 3.59. The molecule has 0 radical (unpaired) electrons. The minimum absolute atomic E-state index is 0. The van der Waals surface area contributed by atoms with E-state index in [9.17, 15) is 13.6 Å². The van der Waals surface area contributed by atoms with Crippen LogP contribution in [0.2, 0.25) is 0 Å². The van der Waals surface area contributed by atoms with Gasteiger partial charge in [0.15, 0.2) is 0 Å². The zero-order chi connectivity index (χ0) is 13.6. The molecule has 6 heteroatoms. The minimum atomic E-state index is -0.800. The quantitative estimate of drug-likeness (QED) is 0.864. The lowest BCUT2D eigenvalue weighted by Gasteiger charge is -2.19. The Morgan fingerprint density at radius 3 is 2.45 bits per heavy atom. The van der Waals surface area contributed by atoms with Gasteiger partial charge in [0.1, 0.15) is 17.2 Å². The third kappa shape index (κ3) is 2.40. The Hall–Kier alpha value is -1.20. The second kappa shape index (κ2) is 5.66. The molecule has 3 unspecified atom stereocenters. The monoisotopic (exact) mass is 302 g/mol. The highest BCUT2D eigenvalue weighted by Gasteiger charge is 2.43. The van der Waals surface area contributed by atoms with E-state index in [0.717, 1.165) is 25.0 Å². The molecule has 0 bridgehead atoms. The number of carbonyl (C=O) groups excluding carboxylic acids is 1. The highest BCUT2D eigenvalue weighted by Crippen LogP contribution is 2.37. The van der Waals surface area contributed by atoms with Crippen molar-refractivity contribution in [1.29, 1.82) is 0 Å². The van der Waals surface area contributed by atoms with E-state index in [4.69, 9.17) is 5.73 Å². The van der Waals surface area contributed by atoms with Crippen molar-refractivity contribution in [3.63, 3.8) is 0 Å². The highest BCUT2D eigenvalue weighted by molar-refractivity contribution is 5.95. The van der Waals surface area contributed by atoms with Crippen molar-refractivity contribution in [2.75, 3.05) is 13.1 Å². The van der Waals surface area contributed by atoms with Crippen LogP contribution in [0.4, 0.5) is 8.78 Å². The lowest BCUT2D eigenvalue weighted by molar-refractivity contribution is 0.0770. The summed E-state index contributed by atoms with van der Waals surface area (Å²) < 4.78 is 27.2. The van der Waals surface area contributed by atoms with Crippen LogP contribution < -0.4 is 5.73 Å². The maximum atomic E-state index is 13.6. The van der Waals surface area contributed by atoms with E-state index in [0.29, 0.717) is 19.0 Å². The third-order valence-electron chi connectivity index (χ3n) is 4.38. The molecule has 110 valence electrons. The fourth-order valence-electron chi connectivity index (χ4n) is 3.33. The van der Waals surface area contributed by atoms with Crippen molar-refractivity contribution >= 4 is 18.3 Å². The van der Waals surface area contributed by atoms with Gasteiger partial charge >= 0.3 is 0 Å². The molecule has 2 fully saturated rings. The molecule has 3 nitrogen and oxygen atoms in total. The van der Waals surface area contributed by atoms with Gasteiger partial charge in [-0.25, -0.2) is 8.78 Å². The molecule has 2 aliphatic rings. The second-order valence-electron chi connectivity index (χ2n) is 5.47. The molecule has 3 rings (SSSR count). The zero-order valence-electron chi connectivity index (χ0n) is 10.9. The summed E-state index contributed by atoms with van der Waals surface area (Å²) in [5.74, 6) is -1.50. The number of carbonyl (C=O) groups is 1. The molecule has 1 aliphatic carbocycles. The Morgan fingerprint density at radius 2 is 1.85 bits per heavy atom. The van der Waals surface area contributed by atoms with Gasteiger partial charge in [0.05, 0.1) is 0 Å². The van der Waals surface area contributed by atoms with Crippen LogP contribution in [-0.2, 0) is 0 Å². The molecule has 20 heavy (non-hydrogen) atoms. The van der Waals surface area contributed by atoms with Crippen molar-refractivity contribution in [1.82, 2.24) is 4.90 Å². The van der Waals surface area contributed by atoms with Gasteiger partial charge in [-0.1, -0.05) is 6.07 Å². The van der Waals surface area contributed by atoms with E-state index in [-0.39, 0.29) is 24.4 Å². The molecule has 0 aromatic heterocycles. The molecule has 1 aromatic carbocycles. The van der Waals surface area contributed by atoms with Crippen molar-refractivity contribution in [3.8, 4) is 0 Å². The lowest BCUT2D eigenvalue weighted by Crippen LogP contribution is -2.34. The van der Waals surface area contributed by atoms with Crippen LogP contribution in [0.5, 0.6) is 0 Å². The van der Waals surface area contributed by atoms with Crippen molar-refractivity contribution in [3.05, 3.63) is 35.4 Å². The van der Waals surface area contributed by atoms with Gasteiger partial charge < -0.3 is 10.6 Å². The summed E-state index contributed by atoms with van der Waals surface area (Å²) in [4.78, 5) is 13.8. The van der Waals surface area contributed by atoms with Crippen LogP contribution in [-0.4, -0.2) is 29.9 Å². The molecule has 1 aromatic rings. The number of amides is 1. The number of nitrogens with zero attached hydrogens (tertiary/aromatic N) is 1. The summed E-state index contributed by atoms with van der Waals surface area (Å²) in [7, 11) is 0. The molecular weight excluding hydrogens is 286 g/mol. The topological polar surface area (TPSA) is 46.3 Å². The van der Waals surface area contributed by atoms with Gasteiger partial charge in [0, 0.05) is 19.1 Å². The summed E-state index contributed by atoms with van der Waals surface area (Å²) >= 11 is 0. The molecule has 1 heterocycles. The smallest absolute Gasteiger partial charge is 0.259 e. The number of benzene rings is 1. The fraction of sp³-hybridized carbons (Fsp3) is 0.500. The number of rotatable bonds is 1. The van der Waals surface area contributed by atoms with Crippen molar-refractivity contribution in [2.45, 2.75) is 18.9 Å². The highest BCUT2D eigenvalue weighted by atomic mass is 35.5. The number of hydrogen-bond donors (Lipinski definition) is 1. The Balaban J connectivity index is 0.00000147. The average Bonchev–Trinajstić information content (AvgIpc) is 2.92. The van der Waals surface area contributed by atoms with Crippen LogP contribution in [0.25, 0.3) is 0 Å². The van der Waals surface area contributed by atoms with Gasteiger partial charge in [-0.05, 0) is 36.8 Å². The van der Waals surface area contributed by atoms with Gasteiger partial charge in [-0.3, -0.25) is 4.79 Å². The van der Waals surface area contributed by atoms with E-state index < -0.39 is 23.1 Å². The van der Waals surface area contributed by atoms with E-state index >= 15 is 0 Å². The first-order chi connectivity index (χ1) is 9.08. The van der Waals surface area contributed by atoms with Crippen molar-refractivity contribution in [2.24, 2.45) is 17.6 Å². The third-order valence-corrected chi connectivity index (χ3v) is 4.38.